The van der Waals surface area contributed by atoms with E-state index in [1.165, 1.54) is 12.1 Å². The predicted octanol–water partition coefficient (Wildman–Crippen LogP) is 4.50. The van der Waals surface area contributed by atoms with Gasteiger partial charge in [0.05, 0.1) is 10.8 Å². The Labute approximate surface area is 139 Å². The second-order valence-corrected chi connectivity index (χ2v) is 5.89. The number of carbonyl (C=O) groups excluding carboxylic acids is 1. The zero-order chi connectivity index (χ0) is 16.7. The Bertz CT molecular complexity index is 692. The summed E-state index contributed by atoms with van der Waals surface area (Å²) in [5, 5.41) is 10.5. The molecular weight excluding hydrogens is 313 g/mol. The number of aryl methyl sites for hydroxylation is 1. The van der Waals surface area contributed by atoms with Crippen LogP contribution in [0.3, 0.4) is 0 Å². The molecule has 23 heavy (non-hydrogen) atoms. The normalized spacial score (nSPS) is 11.5. The van der Waals surface area contributed by atoms with Crippen LogP contribution in [0.2, 0.25) is 0 Å². The van der Waals surface area contributed by atoms with Crippen LogP contribution in [0.15, 0.2) is 48.5 Å². The minimum atomic E-state index is -0.432. The van der Waals surface area contributed by atoms with Gasteiger partial charge in [-0.2, -0.15) is 5.26 Å². The molecule has 0 aromatic heterocycles. The van der Waals surface area contributed by atoms with Crippen LogP contribution in [0, 0.1) is 16.5 Å². The molecule has 2 aromatic carbocycles. The lowest BCUT2D eigenvalue weighted by molar-refractivity contribution is 0.0506. The first kappa shape index (κ1) is 17.0. The van der Waals surface area contributed by atoms with Gasteiger partial charge in [0.1, 0.15) is 17.8 Å². The van der Waals surface area contributed by atoms with Crippen LogP contribution in [0.25, 0.3) is 0 Å². The Hall–Kier alpha value is -2.32. The van der Waals surface area contributed by atoms with Crippen molar-refractivity contribution >= 4 is 17.7 Å². The molecule has 2 rings (SSSR count). The Balaban J connectivity index is 2.01. The number of hydrogen-bond donors (Lipinski definition) is 0. The first-order valence-electron chi connectivity index (χ1n) is 7.20. The molecule has 0 saturated carbocycles. The summed E-state index contributed by atoms with van der Waals surface area (Å²) in [6, 6.07) is 13.1. The molecule has 0 saturated heterocycles. The lowest BCUT2D eigenvalue weighted by Crippen LogP contribution is -2.11. The van der Waals surface area contributed by atoms with Crippen molar-refractivity contribution in [1.82, 2.24) is 0 Å². The monoisotopic (exact) mass is 329 g/mol. The summed E-state index contributed by atoms with van der Waals surface area (Å²) in [6.45, 7) is 2.10. The summed E-state index contributed by atoms with van der Waals surface area (Å²) in [4.78, 5) is 12.1. The Morgan fingerprint density at radius 3 is 2.43 bits per heavy atom. The fraction of sp³-hybridized carbons (Fsp3) is 0.222. The van der Waals surface area contributed by atoms with Gasteiger partial charge in [-0.1, -0.05) is 31.2 Å². The average Bonchev–Trinajstić information content (AvgIpc) is 2.59. The van der Waals surface area contributed by atoms with Gasteiger partial charge in [0.15, 0.2) is 0 Å². The molecule has 118 valence electrons. The third-order valence-electron chi connectivity index (χ3n) is 3.40. The van der Waals surface area contributed by atoms with E-state index in [2.05, 4.69) is 0 Å². The third kappa shape index (κ3) is 4.83. The Morgan fingerprint density at radius 2 is 1.87 bits per heavy atom. The first-order chi connectivity index (χ1) is 11.1. The maximum Gasteiger partial charge on any atom is 0.338 e. The van der Waals surface area contributed by atoms with Crippen LogP contribution in [0.4, 0.5) is 4.39 Å². The number of ether oxygens (including phenoxy) is 1. The number of halogens is 1. The van der Waals surface area contributed by atoms with Crippen molar-refractivity contribution in [2.24, 2.45) is 0 Å². The number of thioether (sulfide) groups is 1. The molecule has 0 aliphatic carbocycles. The van der Waals surface area contributed by atoms with Crippen molar-refractivity contribution in [3.63, 3.8) is 0 Å². The molecule has 1 atom stereocenters. The van der Waals surface area contributed by atoms with Gasteiger partial charge in [0.25, 0.3) is 0 Å². The van der Waals surface area contributed by atoms with E-state index in [4.69, 9.17) is 10.00 Å². The zero-order valence-electron chi connectivity index (χ0n) is 12.7. The first-order valence-corrected chi connectivity index (χ1v) is 8.08. The van der Waals surface area contributed by atoms with Crippen molar-refractivity contribution in [3.05, 3.63) is 71.0 Å². The SMILES string of the molecule is CCc1ccc(C(=O)OCC(SC#N)c2ccc(F)cc2)cc1. The molecule has 0 spiro atoms. The Kier molecular flexibility index (Phi) is 6.19. The van der Waals surface area contributed by atoms with E-state index < -0.39 is 5.97 Å². The van der Waals surface area contributed by atoms with Crippen LogP contribution in [0.5, 0.6) is 0 Å². The minimum Gasteiger partial charge on any atom is -0.461 e. The topological polar surface area (TPSA) is 50.1 Å². The summed E-state index contributed by atoms with van der Waals surface area (Å²) in [7, 11) is 0. The molecule has 0 N–H and O–H groups in total. The van der Waals surface area contributed by atoms with Crippen LogP contribution < -0.4 is 0 Å². The van der Waals surface area contributed by atoms with Crippen molar-refractivity contribution in [2.45, 2.75) is 18.6 Å². The van der Waals surface area contributed by atoms with E-state index in [0.29, 0.717) is 5.56 Å². The number of thiocyanates is 1. The summed E-state index contributed by atoms with van der Waals surface area (Å²) in [5.41, 5.74) is 2.36. The van der Waals surface area contributed by atoms with E-state index in [-0.39, 0.29) is 17.7 Å². The van der Waals surface area contributed by atoms with Crippen molar-refractivity contribution in [2.75, 3.05) is 6.61 Å². The number of nitriles is 1. The van der Waals surface area contributed by atoms with Gasteiger partial charge < -0.3 is 4.74 Å². The highest BCUT2D eigenvalue weighted by Gasteiger charge is 2.16. The second kappa shape index (κ2) is 8.35. The fourth-order valence-corrected chi connectivity index (χ4v) is 2.61. The van der Waals surface area contributed by atoms with Gasteiger partial charge >= 0.3 is 5.97 Å². The van der Waals surface area contributed by atoms with Gasteiger partial charge in [-0.3, -0.25) is 0 Å². The van der Waals surface area contributed by atoms with E-state index in [1.807, 2.05) is 24.5 Å². The second-order valence-electron chi connectivity index (χ2n) is 4.90. The van der Waals surface area contributed by atoms with E-state index >= 15 is 0 Å². The summed E-state index contributed by atoms with van der Waals surface area (Å²) in [5.74, 6) is -0.777. The summed E-state index contributed by atoms with van der Waals surface area (Å²) < 4.78 is 18.3. The molecule has 2 aromatic rings. The smallest absolute Gasteiger partial charge is 0.338 e. The minimum absolute atomic E-state index is 0.0538. The standard InChI is InChI=1S/C18H16FNO2S/c1-2-13-3-5-15(6-4-13)18(21)22-11-17(23-12-20)14-7-9-16(19)10-8-14/h3-10,17H,2,11H2,1H3. The summed E-state index contributed by atoms with van der Waals surface area (Å²) in [6.07, 6.45) is 0.904. The number of rotatable bonds is 6. The van der Waals surface area contributed by atoms with Crippen LogP contribution in [-0.2, 0) is 11.2 Å². The fourth-order valence-electron chi connectivity index (χ4n) is 2.05. The molecule has 0 heterocycles. The maximum absolute atomic E-state index is 13.0. The predicted molar refractivity (Wildman–Crippen MR) is 88.4 cm³/mol. The number of nitrogens with zero attached hydrogens (tertiary/aromatic N) is 1. The molecule has 0 amide bonds. The molecule has 0 aliphatic heterocycles. The van der Waals surface area contributed by atoms with E-state index in [9.17, 15) is 9.18 Å². The molecule has 0 fully saturated rings. The number of esters is 1. The average molecular weight is 329 g/mol. The van der Waals surface area contributed by atoms with Gasteiger partial charge in [0.2, 0.25) is 0 Å². The van der Waals surface area contributed by atoms with Gasteiger partial charge in [0, 0.05) is 0 Å². The lowest BCUT2D eigenvalue weighted by Gasteiger charge is -2.14. The van der Waals surface area contributed by atoms with Crippen molar-refractivity contribution in [1.29, 1.82) is 5.26 Å². The maximum atomic E-state index is 13.0. The largest absolute Gasteiger partial charge is 0.461 e. The number of carbonyl (C=O) groups is 1. The van der Waals surface area contributed by atoms with E-state index in [0.717, 1.165) is 29.3 Å². The van der Waals surface area contributed by atoms with Crippen LogP contribution >= 0.6 is 11.8 Å². The highest BCUT2D eigenvalue weighted by molar-refractivity contribution is 8.03. The molecule has 1 unspecified atom stereocenters. The highest BCUT2D eigenvalue weighted by atomic mass is 32.2. The molecule has 5 heteroatoms. The lowest BCUT2D eigenvalue weighted by atomic mass is 10.1. The third-order valence-corrected chi connectivity index (χ3v) is 4.20. The van der Waals surface area contributed by atoms with Crippen molar-refractivity contribution in [3.8, 4) is 5.40 Å². The molecule has 0 bridgehead atoms. The highest BCUT2D eigenvalue weighted by Crippen LogP contribution is 2.28. The van der Waals surface area contributed by atoms with Gasteiger partial charge in [-0.25, -0.2) is 9.18 Å². The van der Waals surface area contributed by atoms with Crippen LogP contribution in [0.1, 0.15) is 33.7 Å². The van der Waals surface area contributed by atoms with Crippen LogP contribution in [-0.4, -0.2) is 12.6 Å². The molecular formula is C18H16FNO2S. The molecule has 3 nitrogen and oxygen atoms in total. The van der Waals surface area contributed by atoms with Gasteiger partial charge in [-0.15, -0.1) is 0 Å². The zero-order valence-corrected chi connectivity index (χ0v) is 13.5. The van der Waals surface area contributed by atoms with E-state index in [1.54, 1.807) is 24.3 Å². The number of benzene rings is 2. The molecule has 0 aliphatic rings. The molecule has 0 radical (unpaired) electrons. The van der Waals surface area contributed by atoms with Gasteiger partial charge in [-0.05, 0) is 53.6 Å². The number of hydrogen-bond acceptors (Lipinski definition) is 4. The quantitative estimate of drug-likeness (QED) is 0.578. The summed E-state index contributed by atoms with van der Waals surface area (Å²) >= 11 is 0.984. The Morgan fingerprint density at radius 1 is 1.22 bits per heavy atom. The van der Waals surface area contributed by atoms with Crippen molar-refractivity contribution < 1.29 is 13.9 Å².